The summed E-state index contributed by atoms with van der Waals surface area (Å²) in [6.07, 6.45) is 1.18. The van der Waals surface area contributed by atoms with E-state index in [4.69, 9.17) is 4.74 Å². The van der Waals surface area contributed by atoms with E-state index in [1.165, 1.54) is 11.3 Å². The van der Waals surface area contributed by atoms with E-state index in [1.807, 2.05) is 30.1 Å². The van der Waals surface area contributed by atoms with Gasteiger partial charge in [0.2, 0.25) is 5.13 Å². The van der Waals surface area contributed by atoms with Crippen LogP contribution in [-0.4, -0.2) is 53.7 Å². The minimum absolute atomic E-state index is 0.302. The van der Waals surface area contributed by atoms with Crippen LogP contribution in [0.2, 0.25) is 0 Å². The molecule has 2 aromatic rings. The maximum Gasteiger partial charge on any atom is 0.208 e. The Morgan fingerprint density at radius 1 is 1.42 bits per heavy atom. The Balaban J connectivity index is 2.04. The molecule has 0 amide bonds. The Morgan fingerprint density at radius 3 is 2.95 bits per heavy atom. The van der Waals surface area contributed by atoms with Gasteiger partial charge in [-0.15, -0.1) is 10.2 Å². The summed E-state index contributed by atoms with van der Waals surface area (Å²) in [4.78, 5) is 6.09. The first-order valence-electron chi connectivity index (χ1n) is 5.83. The fourth-order valence-electron chi connectivity index (χ4n) is 1.60. The number of aromatic nitrogens is 3. The number of hydrogen-bond acceptors (Lipinski definition) is 7. The van der Waals surface area contributed by atoms with Crippen LogP contribution in [0.25, 0.3) is 10.7 Å². The third kappa shape index (κ3) is 3.69. The van der Waals surface area contributed by atoms with E-state index in [-0.39, 0.29) is 0 Å². The highest BCUT2D eigenvalue weighted by molar-refractivity contribution is 7.18. The third-order valence-electron chi connectivity index (χ3n) is 2.47. The summed E-state index contributed by atoms with van der Waals surface area (Å²) >= 11 is 1.44. The zero-order valence-electron chi connectivity index (χ0n) is 10.9. The van der Waals surface area contributed by atoms with Crippen molar-refractivity contribution in [2.24, 2.45) is 0 Å². The minimum Gasteiger partial charge on any atom is -0.389 e. The van der Waals surface area contributed by atoms with Crippen LogP contribution in [0.4, 0.5) is 5.13 Å². The molecular weight excluding hydrogens is 264 g/mol. The highest BCUT2D eigenvalue weighted by Gasteiger charge is 2.14. The van der Waals surface area contributed by atoms with Crippen molar-refractivity contribution in [2.45, 2.75) is 6.10 Å². The third-order valence-corrected chi connectivity index (χ3v) is 3.53. The Morgan fingerprint density at radius 2 is 2.26 bits per heavy atom. The average molecular weight is 280 g/mol. The van der Waals surface area contributed by atoms with Crippen molar-refractivity contribution in [3.63, 3.8) is 0 Å². The van der Waals surface area contributed by atoms with Crippen molar-refractivity contribution in [3.8, 4) is 10.7 Å². The molecule has 0 aliphatic carbocycles. The number of pyridine rings is 1. The van der Waals surface area contributed by atoms with Gasteiger partial charge in [0.25, 0.3) is 0 Å². The molecule has 0 aromatic carbocycles. The standard InChI is InChI=1S/C12H16N4O2S/c1-16(7-9(17)8-18-2)12-15-14-11(19-12)10-5-3-4-6-13-10/h3-6,9,17H,7-8H2,1-2H3. The number of ether oxygens (including phenoxy) is 1. The molecule has 6 nitrogen and oxygen atoms in total. The SMILES string of the molecule is COCC(O)CN(C)c1nnc(-c2ccccn2)s1. The van der Waals surface area contributed by atoms with Crippen molar-refractivity contribution in [1.29, 1.82) is 0 Å². The summed E-state index contributed by atoms with van der Waals surface area (Å²) in [5.41, 5.74) is 0.803. The molecule has 0 radical (unpaired) electrons. The predicted octanol–water partition coefficient (Wildman–Crippen LogP) is 1.04. The quantitative estimate of drug-likeness (QED) is 0.852. The number of likely N-dealkylation sites (N-methyl/N-ethyl adjacent to an activating group) is 1. The molecule has 19 heavy (non-hydrogen) atoms. The van der Waals surface area contributed by atoms with Crippen LogP contribution in [0.3, 0.4) is 0 Å². The number of aliphatic hydroxyl groups excluding tert-OH is 1. The van der Waals surface area contributed by atoms with Crippen LogP contribution in [0, 0.1) is 0 Å². The maximum absolute atomic E-state index is 9.68. The molecule has 2 heterocycles. The Bertz CT molecular complexity index is 505. The molecular formula is C12H16N4O2S. The summed E-state index contributed by atoms with van der Waals surface area (Å²) in [7, 11) is 3.43. The van der Waals surface area contributed by atoms with E-state index in [1.54, 1.807) is 13.3 Å². The van der Waals surface area contributed by atoms with Crippen molar-refractivity contribution < 1.29 is 9.84 Å². The molecule has 2 aromatic heterocycles. The van der Waals surface area contributed by atoms with Crippen LogP contribution >= 0.6 is 11.3 Å². The molecule has 0 bridgehead atoms. The first-order chi connectivity index (χ1) is 9.20. The van der Waals surface area contributed by atoms with E-state index in [2.05, 4.69) is 15.2 Å². The Kier molecular flexibility index (Phi) is 4.78. The molecule has 1 N–H and O–H groups in total. The van der Waals surface area contributed by atoms with Crippen molar-refractivity contribution >= 4 is 16.5 Å². The number of rotatable bonds is 6. The van der Waals surface area contributed by atoms with Crippen LogP contribution < -0.4 is 4.90 Å². The van der Waals surface area contributed by atoms with Crippen molar-refractivity contribution in [2.75, 3.05) is 32.2 Å². The molecule has 0 aliphatic rings. The Hall–Kier alpha value is -1.57. The van der Waals surface area contributed by atoms with Crippen molar-refractivity contribution in [3.05, 3.63) is 24.4 Å². The van der Waals surface area contributed by atoms with Crippen LogP contribution in [0.15, 0.2) is 24.4 Å². The number of methoxy groups -OCH3 is 1. The van der Waals surface area contributed by atoms with E-state index in [0.717, 1.165) is 15.8 Å². The number of nitrogens with zero attached hydrogens (tertiary/aromatic N) is 4. The van der Waals surface area contributed by atoms with Gasteiger partial charge >= 0.3 is 0 Å². The molecule has 1 unspecified atom stereocenters. The highest BCUT2D eigenvalue weighted by atomic mass is 32.1. The fourth-order valence-corrected chi connectivity index (χ4v) is 2.39. The molecule has 102 valence electrons. The first kappa shape index (κ1) is 13.9. The van der Waals surface area contributed by atoms with Crippen molar-refractivity contribution in [1.82, 2.24) is 15.2 Å². The maximum atomic E-state index is 9.68. The Labute approximate surface area is 115 Å². The van der Waals surface area contributed by atoms with Gasteiger partial charge < -0.3 is 14.7 Å². The molecule has 2 rings (SSSR count). The molecule has 1 atom stereocenters. The van der Waals surface area contributed by atoms with E-state index < -0.39 is 6.10 Å². The van der Waals surface area contributed by atoms with Gasteiger partial charge in [-0.1, -0.05) is 17.4 Å². The molecule has 0 aliphatic heterocycles. The largest absolute Gasteiger partial charge is 0.389 e. The predicted molar refractivity (Wildman–Crippen MR) is 74.3 cm³/mol. The normalized spacial score (nSPS) is 12.4. The van der Waals surface area contributed by atoms with Gasteiger partial charge in [0, 0.05) is 26.9 Å². The van der Waals surface area contributed by atoms with E-state index >= 15 is 0 Å². The van der Waals surface area contributed by atoms with Gasteiger partial charge in [-0.2, -0.15) is 0 Å². The second-order valence-electron chi connectivity index (χ2n) is 4.09. The molecule has 0 fully saturated rings. The van der Waals surface area contributed by atoms with Crippen LogP contribution in [0.5, 0.6) is 0 Å². The summed E-state index contributed by atoms with van der Waals surface area (Å²) in [5, 5.41) is 19.4. The smallest absolute Gasteiger partial charge is 0.208 e. The highest BCUT2D eigenvalue weighted by Crippen LogP contribution is 2.26. The molecule has 0 saturated heterocycles. The lowest BCUT2D eigenvalue weighted by atomic mass is 10.3. The second-order valence-corrected chi connectivity index (χ2v) is 5.05. The van der Waals surface area contributed by atoms with Gasteiger partial charge in [0.05, 0.1) is 12.7 Å². The lowest BCUT2D eigenvalue weighted by molar-refractivity contribution is 0.0695. The molecule has 0 saturated carbocycles. The van der Waals surface area contributed by atoms with E-state index in [0.29, 0.717) is 13.2 Å². The molecule has 7 heteroatoms. The lowest BCUT2D eigenvalue weighted by Gasteiger charge is -2.18. The lowest BCUT2D eigenvalue weighted by Crippen LogP contribution is -2.31. The van der Waals surface area contributed by atoms with Crippen LogP contribution in [0.1, 0.15) is 0 Å². The van der Waals surface area contributed by atoms with Gasteiger partial charge in [-0.3, -0.25) is 4.98 Å². The minimum atomic E-state index is -0.544. The summed E-state index contributed by atoms with van der Waals surface area (Å²) < 4.78 is 4.90. The van der Waals surface area contributed by atoms with Gasteiger partial charge in [0.15, 0.2) is 5.01 Å². The summed E-state index contributed by atoms with van der Waals surface area (Å²) in [5.74, 6) is 0. The number of anilines is 1. The second kappa shape index (κ2) is 6.55. The summed E-state index contributed by atoms with van der Waals surface area (Å²) in [6, 6.07) is 5.66. The zero-order valence-corrected chi connectivity index (χ0v) is 11.7. The van der Waals surface area contributed by atoms with Gasteiger partial charge in [-0.25, -0.2) is 0 Å². The first-order valence-corrected chi connectivity index (χ1v) is 6.65. The van der Waals surface area contributed by atoms with E-state index in [9.17, 15) is 5.11 Å². The topological polar surface area (TPSA) is 71.4 Å². The average Bonchev–Trinajstić information content (AvgIpc) is 2.89. The zero-order chi connectivity index (χ0) is 13.7. The summed E-state index contributed by atoms with van der Waals surface area (Å²) in [6.45, 7) is 0.751. The number of aliphatic hydroxyl groups is 1. The van der Waals surface area contributed by atoms with Crippen LogP contribution in [-0.2, 0) is 4.74 Å². The fraction of sp³-hybridized carbons (Fsp3) is 0.417. The monoisotopic (exact) mass is 280 g/mol. The number of hydrogen-bond donors (Lipinski definition) is 1. The van der Waals surface area contributed by atoms with Gasteiger partial charge in [0.1, 0.15) is 5.69 Å². The van der Waals surface area contributed by atoms with Gasteiger partial charge in [-0.05, 0) is 12.1 Å². The molecule has 0 spiro atoms.